The standard InChI is InChI=1S/C15H13F3N2O2/c1-9-2-3-10(8-20-9)4-11-5-12(14(19)21)7-13(6-11)22-15(16,17)18/h2-3,5-8H,4H2,1H3,(H2,19,21). The number of alkyl halides is 3. The third-order valence-corrected chi connectivity index (χ3v) is 2.87. The van der Waals surface area contributed by atoms with Crippen LogP contribution >= 0.6 is 0 Å². The largest absolute Gasteiger partial charge is 0.573 e. The molecule has 1 aromatic heterocycles. The maximum atomic E-state index is 12.3. The maximum absolute atomic E-state index is 12.3. The van der Waals surface area contributed by atoms with Crippen LogP contribution in [0.2, 0.25) is 0 Å². The van der Waals surface area contributed by atoms with Crippen LogP contribution in [0.15, 0.2) is 36.5 Å². The van der Waals surface area contributed by atoms with Crippen molar-refractivity contribution in [1.82, 2.24) is 4.98 Å². The molecule has 0 aliphatic rings. The van der Waals surface area contributed by atoms with Gasteiger partial charge in [0.25, 0.3) is 0 Å². The SMILES string of the molecule is Cc1ccc(Cc2cc(OC(F)(F)F)cc(C(N)=O)c2)cn1. The molecule has 0 saturated carbocycles. The number of amides is 1. The van der Waals surface area contributed by atoms with Crippen LogP contribution in [0.5, 0.6) is 5.75 Å². The lowest BCUT2D eigenvalue weighted by molar-refractivity contribution is -0.274. The zero-order chi connectivity index (χ0) is 16.3. The van der Waals surface area contributed by atoms with Crippen LogP contribution in [0.4, 0.5) is 13.2 Å². The first-order valence-electron chi connectivity index (χ1n) is 6.34. The highest BCUT2D eigenvalue weighted by atomic mass is 19.4. The molecular weight excluding hydrogens is 297 g/mol. The Balaban J connectivity index is 2.33. The zero-order valence-corrected chi connectivity index (χ0v) is 11.6. The van der Waals surface area contributed by atoms with E-state index in [0.717, 1.165) is 17.3 Å². The highest BCUT2D eigenvalue weighted by Crippen LogP contribution is 2.26. The van der Waals surface area contributed by atoms with Gasteiger partial charge in [-0.2, -0.15) is 0 Å². The minimum Gasteiger partial charge on any atom is -0.406 e. The van der Waals surface area contributed by atoms with Gasteiger partial charge < -0.3 is 10.5 Å². The number of halogens is 3. The first-order chi connectivity index (χ1) is 10.2. The van der Waals surface area contributed by atoms with E-state index < -0.39 is 18.0 Å². The van der Waals surface area contributed by atoms with E-state index in [-0.39, 0.29) is 5.56 Å². The van der Waals surface area contributed by atoms with Gasteiger partial charge in [-0.1, -0.05) is 6.07 Å². The fourth-order valence-electron chi connectivity index (χ4n) is 1.94. The maximum Gasteiger partial charge on any atom is 0.573 e. The van der Waals surface area contributed by atoms with Crippen LogP contribution in [-0.2, 0) is 6.42 Å². The molecule has 1 aromatic carbocycles. The number of benzene rings is 1. The molecule has 22 heavy (non-hydrogen) atoms. The quantitative estimate of drug-likeness (QED) is 0.944. The molecule has 116 valence electrons. The van der Waals surface area contributed by atoms with E-state index in [9.17, 15) is 18.0 Å². The van der Waals surface area contributed by atoms with Crippen LogP contribution in [-0.4, -0.2) is 17.3 Å². The van der Waals surface area contributed by atoms with Crippen molar-refractivity contribution in [3.8, 4) is 5.75 Å². The number of pyridine rings is 1. The van der Waals surface area contributed by atoms with Crippen molar-refractivity contribution >= 4 is 5.91 Å². The number of aryl methyl sites for hydroxylation is 1. The van der Waals surface area contributed by atoms with Gasteiger partial charge in [0.05, 0.1) is 0 Å². The molecule has 0 atom stereocenters. The molecule has 1 heterocycles. The predicted octanol–water partition coefficient (Wildman–Crippen LogP) is 2.98. The van der Waals surface area contributed by atoms with E-state index in [0.29, 0.717) is 12.0 Å². The van der Waals surface area contributed by atoms with Gasteiger partial charge in [0.1, 0.15) is 5.75 Å². The predicted molar refractivity (Wildman–Crippen MR) is 73.4 cm³/mol. The Bertz CT molecular complexity index is 682. The van der Waals surface area contributed by atoms with E-state index in [1.54, 1.807) is 12.3 Å². The molecule has 0 spiro atoms. The summed E-state index contributed by atoms with van der Waals surface area (Å²) in [6.07, 6.45) is -2.90. The van der Waals surface area contributed by atoms with Crippen LogP contribution in [0.25, 0.3) is 0 Å². The summed E-state index contributed by atoms with van der Waals surface area (Å²) in [5, 5.41) is 0. The Labute approximate surface area is 124 Å². The molecule has 0 aliphatic carbocycles. The molecule has 4 nitrogen and oxygen atoms in total. The molecule has 0 aliphatic heterocycles. The van der Waals surface area contributed by atoms with Crippen molar-refractivity contribution in [3.63, 3.8) is 0 Å². The third kappa shape index (κ3) is 4.47. The Hall–Kier alpha value is -2.57. The summed E-state index contributed by atoms with van der Waals surface area (Å²) in [5.74, 6) is -1.30. The number of nitrogens with two attached hydrogens (primary N) is 1. The number of primary amides is 1. The lowest BCUT2D eigenvalue weighted by Crippen LogP contribution is -2.18. The lowest BCUT2D eigenvalue weighted by Gasteiger charge is -2.12. The minimum absolute atomic E-state index is 0.0446. The lowest BCUT2D eigenvalue weighted by atomic mass is 10.0. The first kappa shape index (κ1) is 15.8. The van der Waals surface area contributed by atoms with E-state index >= 15 is 0 Å². The van der Waals surface area contributed by atoms with Crippen molar-refractivity contribution in [2.45, 2.75) is 19.7 Å². The zero-order valence-electron chi connectivity index (χ0n) is 11.6. The van der Waals surface area contributed by atoms with E-state index in [1.807, 2.05) is 13.0 Å². The van der Waals surface area contributed by atoms with Crippen LogP contribution in [0.1, 0.15) is 27.2 Å². The molecule has 0 bridgehead atoms. The van der Waals surface area contributed by atoms with Gasteiger partial charge in [-0.05, 0) is 48.7 Å². The normalized spacial score (nSPS) is 11.3. The van der Waals surface area contributed by atoms with Crippen LogP contribution < -0.4 is 10.5 Å². The smallest absolute Gasteiger partial charge is 0.406 e. The molecule has 7 heteroatoms. The monoisotopic (exact) mass is 310 g/mol. The van der Waals surface area contributed by atoms with Crippen LogP contribution in [0, 0.1) is 6.92 Å². The van der Waals surface area contributed by atoms with Crippen molar-refractivity contribution in [3.05, 3.63) is 58.9 Å². The van der Waals surface area contributed by atoms with Crippen molar-refractivity contribution in [2.75, 3.05) is 0 Å². The third-order valence-electron chi connectivity index (χ3n) is 2.87. The number of carbonyl (C=O) groups is 1. The molecule has 2 aromatic rings. The Morgan fingerprint density at radius 3 is 2.50 bits per heavy atom. The van der Waals surface area contributed by atoms with Gasteiger partial charge in [0, 0.05) is 17.5 Å². The molecule has 0 unspecified atom stereocenters. The second-order valence-electron chi connectivity index (χ2n) is 4.76. The fourth-order valence-corrected chi connectivity index (χ4v) is 1.94. The highest BCUT2D eigenvalue weighted by Gasteiger charge is 2.31. The Kier molecular flexibility index (Phi) is 4.35. The second-order valence-corrected chi connectivity index (χ2v) is 4.76. The minimum atomic E-state index is -4.83. The number of rotatable bonds is 4. The van der Waals surface area contributed by atoms with Gasteiger partial charge in [-0.25, -0.2) is 0 Å². The number of hydrogen-bond donors (Lipinski definition) is 1. The van der Waals surface area contributed by atoms with Gasteiger partial charge in [0.2, 0.25) is 5.91 Å². The number of ether oxygens (including phenoxy) is 1. The first-order valence-corrected chi connectivity index (χ1v) is 6.34. The summed E-state index contributed by atoms with van der Waals surface area (Å²) in [4.78, 5) is 15.4. The average molecular weight is 310 g/mol. The summed E-state index contributed by atoms with van der Waals surface area (Å²) in [5.41, 5.74) is 7.20. The fraction of sp³-hybridized carbons (Fsp3) is 0.200. The van der Waals surface area contributed by atoms with Gasteiger partial charge >= 0.3 is 6.36 Å². The van der Waals surface area contributed by atoms with Crippen LogP contribution in [0.3, 0.4) is 0 Å². The summed E-state index contributed by atoms with van der Waals surface area (Å²) >= 11 is 0. The molecule has 1 amide bonds. The number of aromatic nitrogens is 1. The summed E-state index contributed by atoms with van der Waals surface area (Å²) in [7, 11) is 0. The summed E-state index contributed by atoms with van der Waals surface area (Å²) in [6.45, 7) is 1.83. The summed E-state index contributed by atoms with van der Waals surface area (Å²) < 4.78 is 40.9. The van der Waals surface area contributed by atoms with Crippen molar-refractivity contribution in [1.29, 1.82) is 0 Å². The molecule has 0 fully saturated rings. The highest BCUT2D eigenvalue weighted by molar-refractivity contribution is 5.93. The van der Waals surface area contributed by atoms with E-state index in [2.05, 4.69) is 9.72 Å². The van der Waals surface area contributed by atoms with Crippen molar-refractivity contribution < 1.29 is 22.7 Å². The average Bonchev–Trinajstić information content (AvgIpc) is 2.39. The number of nitrogens with zero attached hydrogens (tertiary/aromatic N) is 1. The molecule has 2 rings (SSSR count). The van der Waals surface area contributed by atoms with Gasteiger partial charge in [-0.15, -0.1) is 13.2 Å². The van der Waals surface area contributed by atoms with Gasteiger partial charge in [0.15, 0.2) is 0 Å². The molecule has 2 N–H and O–H groups in total. The molecular formula is C15H13F3N2O2. The van der Waals surface area contributed by atoms with Gasteiger partial charge in [-0.3, -0.25) is 9.78 Å². The Morgan fingerprint density at radius 2 is 1.95 bits per heavy atom. The second kappa shape index (κ2) is 6.05. The molecule has 0 radical (unpaired) electrons. The topological polar surface area (TPSA) is 65.2 Å². The van der Waals surface area contributed by atoms with Crippen molar-refractivity contribution in [2.24, 2.45) is 5.73 Å². The Morgan fingerprint density at radius 1 is 1.23 bits per heavy atom. The summed E-state index contributed by atoms with van der Waals surface area (Å²) in [6, 6.07) is 7.22. The van der Waals surface area contributed by atoms with E-state index in [1.165, 1.54) is 12.1 Å². The van der Waals surface area contributed by atoms with E-state index in [4.69, 9.17) is 5.73 Å². The molecule has 0 saturated heterocycles. The number of hydrogen-bond acceptors (Lipinski definition) is 3. The number of carbonyl (C=O) groups excluding carboxylic acids is 1.